The van der Waals surface area contributed by atoms with Gasteiger partial charge in [-0.1, -0.05) is 0 Å². The highest BCUT2D eigenvalue weighted by Crippen LogP contribution is 2.26. The molecule has 5 heteroatoms. The van der Waals surface area contributed by atoms with E-state index in [4.69, 9.17) is 0 Å². The van der Waals surface area contributed by atoms with Crippen LogP contribution in [0.4, 0.5) is 5.69 Å². The molecule has 84 valence electrons. The van der Waals surface area contributed by atoms with Gasteiger partial charge in [-0.25, -0.2) is 4.98 Å². The Labute approximate surface area is 107 Å². The number of halogens is 1. The Kier molecular flexibility index (Phi) is 3.56. The fourth-order valence-electron chi connectivity index (χ4n) is 1.36. The van der Waals surface area contributed by atoms with E-state index in [1.807, 2.05) is 13.0 Å². The normalized spacial score (nSPS) is 12.4. The summed E-state index contributed by atoms with van der Waals surface area (Å²) in [7, 11) is 0. The Balaban J connectivity index is 2.13. The Hall–Kier alpha value is -0.940. The van der Waals surface area contributed by atoms with Gasteiger partial charge in [0.05, 0.1) is 16.2 Å². The molecule has 2 aromatic rings. The third-order valence-corrected chi connectivity index (χ3v) is 3.93. The fourth-order valence-corrected chi connectivity index (χ4v) is 2.53. The van der Waals surface area contributed by atoms with Gasteiger partial charge in [-0.05, 0) is 35.8 Å². The number of thiazole rings is 1. The molecule has 0 aromatic carbocycles. The van der Waals surface area contributed by atoms with Crippen molar-refractivity contribution in [1.82, 2.24) is 9.97 Å². The van der Waals surface area contributed by atoms with Crippen LogP contribution in [0.15, 0.2) is 28.3 Å². The molecule has 0 fully saturated rings. The van der Waals surface area contributed by atoms with Gasteiger partial charge in [0.2, 0.25) is 0 Å². The second kappa shape index (κ2) is 4.93. The van der Waals surface area contributed by atoms with Crippen molar-refractivity contribution in [2.45, 2.75) is 19.9 Å². The zero-order valence-corrected chi connectivity index (χ0v) is 11.5. The lowest BCUT2D eigenvalue weighted by atomic mass is 10.3. The van der Waals surface area contributed by atoms with Gasteiger partial charge in [0.1, 0.15) is 5.01 Å². The van der Waals surface area contributed by atoms with E-state index in [9.17, 15) is 0 Å². The third-order valence-electron chi connectivity index (χ3n) is 2.15. The quantitative estimate of drug-likeness (QED) is 0.937. The van der Waals surface area contributed by atoms with Gasteiger partial charge in [0, 0.05) is 23.5 Å². The van der Waals surface area contributed by atoms with E-state index >= 15 is 0 Å². The van der Waals surface area contributed by atoms with Crippen molar-refractivity contribution in [2.24, 2.45) is 0 Å². The van der Waals surface area contributed by atoms with Crippen LogP contribution in [-0.2, 0) is 0 Å². The third kappa shape index (κ3) is 2.59. The molecule has 1 atom stereocenters. The second-order valence-electron chi connectivity index (χ2n) is 3.55. The molecule has 2 aromatic heterocycles. The predicted octanol–water partition coefficient (Wildman–Crippen LogP) is 3.78. The van der Waals surface area contributed by atoms with Crippen LogP contribution >= 0.6 is 27.3 Å². The molecule has 0 spiro atoms. The lowest BCUT2D eigenvalue weighted by molar-refractivity contribution is 0.862. The monoisotopic (exact) mass is 297 g/mol. The van der Waals surface area contributed by atoms with Crippen LogP contribution in [0.5, 0.6) is 0 Å². The molecule has 0 bridgehead atoms. The molecule has 0 aliphatic rings. The van der Waals surface area contributed by atoms with E-state index in [2.05, 4.69) is 43.5 Å². The van der Waals surface area contributed by atoms with Crippen molar-refractivity contribution in [3.8, 4) is 0 Å². The average molecular weight is 298 g/mol. The van der Waals surface area contributed by atoms with Gasteiger partial charge < -0.3 is 5.32 Å². The van der Waals surface area contributed by atoms with Gasteiger partial charge >= 0.3 is 0 Å². The van der Waals surface area contributed by atoms with Crippen LogP contribution in [0.2, 0.25) is 0 Å². The van der Waals surface area contributed by atoms with Crippen LogP contribution in [0.1, 0.15) is 23.7 Å². The average Bonchev–Trinajstić information content (AvgIpc) is 2.68. The molecular weight excluding hydrogens is 286 g/mol. The van der Waals surface area contributed by atoms with E-state index in [0.717, 1.165) is 20.9 Å². The number of hydrogen-bond acceptors (Lipinski definition) is 4. The lowest BCUT2D eigenvalue weighted by Gasteiger charge is -2.13. The summed E-state index contributed by atoms with van der Waals surface area (Å²) >= 11 is 5.14. The van der Waals surface area contributed by atoms with Crippen molar-refractivity contribution in [3.63, 3.8) is 0 Å². The van der Waals surface area contributed by atoms with Gasteiger partial charge in [-0.2, -0.15) is 0 Å². The summed E-state index contributed by atoms with van der Waals surface area (Å²) < 4.78 is 0.968. The van der Waals surface area contributed by atoms with Crippen LogP contribution in [0.25, 0.3) is 0 Å². The molecule has 0 aliphatic heterocycles. The van der Waals surface area contributed by atoms with E-state index in [-0.39, 0.29) is 6.04 Å². The van der Waals surface area contributed by atoms with Crippen LogP contribution in [0, 0.1) is 6.92 Å². The SMILES string of the molecule is Cc1csc(C(C)Nc2ccncc2Br)n1. The molecule has 0 radical (unpaired) electrons. The number of aryl methyl sites for hydroxylation is 1. The smallest absolute Gasteiger partial charge is 0.115 e. The summed E-state index contributed by atoms with van der Waals surface area (Å²) in [5.41, 5.74) is 2.11. The molecule has 0 saturated carbocycles. The predicted molar refractivity (Wildman–Crippen MR) is 70.8 cm³/mol. The molecule has 2 heterocycles. The van der Waals surface area contributed by atoms with Crippen LogP contribution in [0.3, 0.4) is 0 Å². The first kappa shape index (κ1) is 11.5. The zero-order chi connectivity index (χ0) is 11.5. The summed E-state index contributed by atoms with van der Waals surface area (Å²) in [6.07, 6.45) is 3.55. The number of rotatable bonds is 3. The fraction of sp³-hybridized carbons (Fsp3) is 0.273. The minimum atomic E-state index is 0.206. The maximum absolute atomic E-state index is 4.46. The first-order valence-corrected chi connectivity index (χ1v) is 6.62. The van der Waals surface area contributed by atoms with Crippen LogP contribution in [-0.4, -0.2) is 9.97 Å². The highest BCUT2D eigenvalue weighted by Gasteiger charge is 2.10. The topological polar surface area (TPSA) is 37.8 Å². The summed E-state index contributed by atoms with van der Waals surface area (Å²) in [4.78, 5) is 8.49. The van der Waals surface area contributed by atoms with Crippen molar-refractivity contribution in [1.29, 1.82) is 0 Å². The van der Waals surface area contributed by atoms with E-state index < -0.39 is 0 Å². The van der Waals surface area contributed by atoms with Gasteiger partial charge in [0.15, 0.2) is 0 Å². The minimum Gasteiger partial charge on any atom is -0.375 e. The zero-order valence-electron chi connectivity index (χ0n) is 9.07. The Morgan fingerprint density at radius 1 is 1.50 bits per heavy atom. The number of anilines is 1. The first-order valence-electron chi connectivity index (χ1n) is 4.95. The van der Waals surface area contributed by atoms with Gasteiger partial charge in [-0.3, -0.25) is 4.98 Å². The minimum absolute atomic E-state index is 0.206. The van der Waals surface area contributed by atoms with Gasteiger partial charge in [0.25, 0.3) is 0 Å². The molecule has 3 nitrogen and oxygen atoms in total. The molecule has 2 rings (SSSR count). The number of pyridine rings is 1. The molecule has 1 N–H and O–H groups in total. The molecule has 0 saturated heterocycles. The maximum atomic E-state index is 4.46. The van der Waals surface area contributed by atoms with E-state index in [0.29, 0.717) is 0 Å². The summed E-state index contributed by atoms with van der Waals surface area (Å²) in [5, 5.41) is 6.56. The summed E-state index contributed by atoms with van der Waals surface area (Å²) in [6, 6.07) is 2.15. The molecule has 16 heavy (non-hydrogen) atoms. The number of nitrogens with one attached hydrogen (secondary N) is 1. The largest absolute Gasteiger partial charge is 0.375 e. The number of aromatic nitrogens is 2. The Morgan fingerprint density at radius 3 is 2.94 bits per heavy atom. The van der Waals surface area contributed by atoms with Crippen molar-refractivity contribution in [2.75, 3.05) is 5.32 Å². The lowest BCUT2D eigenvalue weighted by Crippen LogP contribution is -2.06. The maximum Gasteiger partial charge on any atom is 0.115 e. The molecular formula is C11H12BrN3S. The Morgan fingerprint density at radius 2 is 2.31 bits per heavy atom. The molecule has 0 aliphatic carbocycles. The van der Waals surface area contributed by atoms with E-state index in [1.165, 1.54) is 0 Å². The Bertz CT molecular complexity index is 484. The summed E-state index contributed by atoms with van der Waals surface area (Å²) in [6.45, 7) is 4.11. The van der Waals surface area contributed by atoms with Crippen LogP contribution < -0.4 is 5.32 Å². The van der Waals surface area contributed by atoms with Gasteiger partial charge in [-0.15, -0.1) is 11.3 Å². The molecule has 0 amide bonds. The molecule has 1 unspecified atom stereocenters. The van der Waals surface area contributed by atoms with Crippen molar-refractivity contribution < 1.29 is 0 Å². The van der Waals surface area contributed by atoms with E-state index in [1.54, 1.807) is 23.7 Å². The highest BCUT2D eigenvalue weighted by atomic mass is 79.9. The second-order valence-corrected chi connectivity index (χ2v) is 5.29. The highest BCUT2D eigenvalue weighted by molar-refractivity contribution is 9.10. The summed E-state index contributed by atoms with van der Waals surface area (Å²) in [5.74, 6) is 0. The first-order chi connectivity index (χ1) is 7.66. The van der Waals surface area contributed by atoms with Crippen molar-refractivity contribution >= 4 is 33.0 Å². The number of hydrogen-bond donors (Lipinski definition) is 1. The number of nitrogens with zero attached hydrogens (tertiary/aromatic N) is 2. The standard InChI is InChI=1S/C11H12BrN3S/c1-7-6-16-11(14-7)8(2)15-10-3-4-13-5-9(10)12/h3-6,8H,1-2H3,(H,13,15). The van der Waals surface area contributed by atoms with Crippen molar-refractivity contribution in [3.05, 3.63) is 39.0 Å².